The molecule has 0 saturated carbocycles. The average molecular weight is 393 g/mol. The summed E-state index contributed by atoms with van der Waals surface area (Å²) in [4.78, 5) is 16.4. The lowest BCUT2D eigenvalue weighted by molar-refractivity contribution is -0.134. The molecule has 5 heteroatoms. The Morgan fingerprint density at radius 2 is 1.92 bits per heavy atom. The highest BCUT2D eigenvalue weighted by Gasteiger charge is 2.23. The molecule has 26 heavy (non-hydrogen) atoms. The van der Waals surface area contributed by atoms with Crippen LogP contribution in [0.3, 0.4) is 0 Å². The number of nitrogens with zero attached hydrogens (tertiary/aromatic N) is 1. The molecule has 3 rings (SSSR count). The summed E-state index contributed by atoms with van der Waals surface area (Å²) in [6.07, 6.45) is 4.08. The number of amides is 1. The summed E-state index contributed by atoms with van der Waals surface area (Å²) in [5.41, 5.74) is 1.20. The molecule has 1 saturated heterocycles. The lowest BCUT2D eigenvalue weighted by Crippen LogP contribution is -2.34. The molecule has 0 radical (unpaired) electrons. The van der Waals surface area contributed by atoms with E-state index >= 15 is 0 Å². The Bertz CT molecular complexity index is 641. The molecule has 1 fully saturated rings. The minimum atomic E-state index is 0. The molecule has 1 N–H and O–H groups in total. The quantitative estimate of drug-likeness (QED) is 0.715. The van der Waals surface area contributed by atoms with Crippen LogP contribution in [-0.4, -0.2) is 23.9 Å². The van der Waals surface area contributed by atoms with Crippen LogP contribution in [0, 0.1) is 5.92 Å². The number of benzene rings is 1. The molecule has 1 aromatic carbocycles. The molecular formula is C21H29ClN2OS. The van der Waals surface area contributed by atoms with E-state index in [1.165, 1.54) is 23.3 Å². The Labute approximate surface area is 167 Å². The second kappa shape index (κ2) is 10.7. The Hall–Kier alpha value is -1.36. The van der Waals surface area contributed by atoms with Crippen molar-refractivity contribution in [2.75, 3.05) is 13.1 Å². The van der Waals surface area contributed by atoms with Crippen LogP contribution >= 0.6 is 23.7 Å². The molecule has 0 aliphatic carbocycles. The number of piperidine rings is 1. The molecule has 0 spiro atoms. The topological polar surface area (TPSA) is 32.3 Å². The fraction of sp³-hybridized carbons (Fsp3) is 0.476. The number of carbonyl (C=O) groups is 1. The molecule has 1 atom stereocenters. The van der Waals surface area contributed by atoms with Gasteiger partial charge in [-0.05, 0) is 62.2 Å². The highest BCUT2D eigenvalue weighted by molar-refractivity contribution is 7.10. The monoisotopic (exact) mass is 392 g/mol. The number of hydrogen-bond acceptors (Lipinski definition) is 3. The summed E-state index contributed by atoms with van der Waals surface area (Å²) >= 11 is 1.73. The Morgan fingerprint density at radius 1 is 1.19 bits per heavy atom. The molecule has 1 amide bonds. The van der Waals surface area contributed by atoms with Gasteiger partial charge in [-0.3, -0.25) is 4.79 Å². The number of thiophene rings is 1. The summed E-state index contributed by atoms with van der Waals surface area (Å²) in [6.45, 7) is 5.03. The maximum atomic E-state index is 13.0. The largest absolute Gasteiger partial charge is 0.331 e. The first-order valence-electron chi connectivity index (χ1n) is 9.31. The number of nitrogens with one attached hydrogen (secondary N) is 1. The highest BCUT2D eigenvalue weighted by Crippen LogP contribution is 2.28. The van der Waals surface area contributed by atoms with E-state index in [-0.39, 0.29) is 24.4 Å². The zero-order chi connectivity index (χ0) is 17.5. The SMILES string of the molecule is CC(c1cccs1)N(Cc1ccccc1)C(=O)CCC1CCNCC1.Cl. The fourth-order valence-corrected chi connectivity index (χ4v) is 4.34. The van der Waals surface area contributed by atoms with Gasteiger partial charge in [0.1, 0.15) is 0 Å². The van der Waals surface area contributed by atoms with Gasteiger partial charge in [-0.15, -0.1) is 23.7 Å². The van der Waals surface area contributed by atoms with E-state index in [2.05, 4.69) is 46.8 Å². The van der Waals surface area contributed by atoms with Crippen LogP contribution in [0.5, 0.6) is 0 Å². The van der Waals surface area contributed by atoms with E-state index in [9.17, 15) is 4.79 Å². The van der Waals surface area contributed by atoms with Crippen LogP contribution < -0.4 is 5.32 Å². The zero-order valence-corrected chi connectivity index (χ0v) is 17.0. The second-order valence-corrected chi connectivity index (χ2v) is 7.91. The van der Waals surface area contributed by atoms with Gasteiger partial charge in [0.25, 0.3) is 0 Å². The van der Waals surface area contributed by atoms with Crippen LogP contribution in [0.1, 0.15) is 49.1 Å². The standard InChI is InChI=1S/C21H28N2OS.ClH/c1-17(20-8-5-15-25-20)23(16-19-6-3-2-4-7-19)21(24)10-9-18-11-13-22-14-12-18;/h2-8,15,17-18,22H,9-14,16H2,1H3;1H. The van der Waals surface area contributed by atoms with Crippen LogP contribution in [0.25, 0.3) is 0 Å². The molecule has 1 unspecified atom stereocenters. The summed E-state index contributed by atoms with van der Waals surface area (Å²) in [6, 6.07) is 14.6. The van der Waals surface area contributed by atoms with Crippen LogP contribution in [0.15, 0.2) is 47.8 Å². The molecule has 1 aliphatic heterocycles. The van der Waals surface area contributed by atoms with Crippen molar-refractivity contribution in [2.45, 2.75) is 45.2 Å². The van der Waals surface area contributed by atoms with E-state index in [4.69, 9.17) is 0 Å². The van der Waals surface area contributed by atoms with Crippen molar-refractivity contribution in [3.05, 3.63) is 58.3 Å². The van der Waals surface area contributed by atoms with Crippen LogP contribution in [-0.2, 0) is 11.3 Å². The van der Waals surface area contributed by atoms with Crippen molar-refractivity contribution in [2.24, 2.45) is 5.92 Å². The van der Waals surface area contributed by atoms with Gasteiger partial charge >= 0.3 is 0 Å². The molecule has 2 aromatic rings. The van der Waals surface area contributed by atoms with Crippen LogP contribution in [0.2, 0.25) is 0 Å². The minimum Gasteiger partial charge on any atom is -0.331 e. The first kappa shape index (κ1) is 20.9. The van der Waals surface area contributed by atoms with Gasteiger partial charge in [-0.2, -0.15) is 0 Å². The third-order valence-electron chi connectivity index (χ3n) is 5.16. The molecular weight excluding hydrogens is 364 g/mol. The number of halogens is 1. The van der Waals surface area contributed by atoms with Crippen molar-refractivity contribution >= 4 is 29.7 Å². The van der Waals surface area contributed by atoms with E-state index in [0.29, 0.717) is 18.9 Å². The van der Waals surface area contributed by atoms with Crippen LogP contribution in [0.4, 0.5) is 0 Å². The third kappa shape index (κ3) is 5.83. The molecule has 142 valence electrons. The van der Waals surface area contributed by atoms with E-state index in [1.54, 1.807) is 11.3 Å². The molecule has 3 nitrogen and oxygen atoms in total. The van der Waals surface area contributed by atoms with Gasteiger partial charge < -0.3 is 10.2 Å². The van der Waals surface area contributed by atoms with Gasteiger partial charge in [0.05, 0.1) is 6.04 Å². The summed E-state index contributed by atoms with van der Waals surface area (Å²) < 4.78 is 0. The van der Waals surface area contributed by atoms with Crippen molar-refractivity contribution < 1.29 is 4.79 Å². The van der Waals surface area contributed by atoms with Gasteiger partial charge in [-0.1, -0.05) is 36.4 Å². The Morgan fingerprint density at radius 3 is 2.58 bits per heavy atom. The first-order valence-corrected chi connectivity index (χ1v) is 10.2. The predicted octanol–water partition coefficient (Wildman–Crippen LogP) is 5.04. The smallest absolute Gasteiger partial charge is 0.223 e. The predicted molar refractivity (Wildman–Crippen MR) is 112 cm³/mol. The zero-order valence-electron chi connectivity index (χ0n) is 15.4. The third-order valence-corrected chi connectivity index (χ3v) is 6.21. The van der Waals surface area contributed by atoms with E-state index in [1.807, 2.05) is 18.2 Å². The van der Waals surface area contributed by atoms with Gasteiger partial charge in [-0.25, -0.2) is 0 Å². The molecule has 1 aromatic heterocycles. The van der Waals surface area contributed by atoms with E-state index in [0.717, 1.165) is 19.5 Å². The number of carbonyl (C=O) groups excluding carboxylic acids is 1. The lowest BCUT2D eigenvalue weighted by Gasteiger charge is -2.30. The maximum absolute atomic E-state index is 13.0. The second-order valence-electron chi connectivity index (χ2n) is 6.93. The van der Waals surface area contributed by atoms with Gasteiger partial charge in [0.15, 0.2) is 0 Å². The summed E-state index contributed by atoms with van der Waals surface area (Å²) in [5.74, 6) is 0.976. The number of hydrogen-bond donors (Lipinski definition) is 1. The summed E-state index contributed by atoms with van der Waals surface area (Å²) in [5, 5.41) is 5.49. The first-order chi connectivity index (χ1) is 12.2. The fourth-order valence-electron chi connectivity index (χ4n) is 3.55. The Balaban J connectivity index is 0.00000243. The van der Waals surface area contributed by atoms with Gasteiger partial charge in [0.2, 0.25) is 5.91 Å². The highest BCUT2D eigenvalue weighted by atomic mass is 35.5. The number of rotatable bonds is 7. The summed E-state index contributed by atoms with van der Waals surface area (Å²) in [7, 11) is 0. The maximum Gasteiger partial charge on any atom is 0.223 e. The Kier molecular flexibility index (Phi) is 8.63. The van der Waals surface area contributed by atoms with Crippen molar-refractivity contribution in [3.63, 3.8) is 0 Å². The lowest BCUT2D eigenvalue weighted by atomic mass is 9.93. The van der Waals surface area contributed by atoms with Gasteiger partial charge in [0, 0.05) is 17.8 Å². The molecule has 0 bridgehead atoms. The van der Waals surface area contributed by atoms with E-state index < -0.39 is 0 Å². The molecule has 2 heterocycles. The molecule has 1 aliphatic rings. The average Bonchev–Trinajstić information content (AvgIpc) is 3.20. The normalized spacial score (nSPS) is 15.9. The van der Waals surface area contributed by atoms with Crippen molar-refractivity contribution in [3.8, 4) is 0 Å². The van der Waals surface area contributed by atoms with Crippen molar-refractivity contribution in [1.82, 2.24) is 10.2 Å². The van der Waals surface area contributed by atoms with Crippen molar-refractivity contribution in [1.29, 1.82) is 0 Å². The minimum absolute atomic E-state index is 0.